The van der Waals surface area contributed by atoms with Crippen LogP contribution in [0.1, 0.15) is 46.0 Å². The van der Waals surface area contributed by atoms with Crippen LogP contribution in [0.15, 0.2) is 0 Å². The van der Waals surface area contributed by atoms with Gasteiger partial charge < -0.3 is 4.74 Å². The molecule has 4 heteroatoms. The number of hydrogen-bond donors (Lipinski definition) is 0. The van der Waals surface area contributed by atoms with Crippen molar-refractivity contribution in [2.45, 2.75) is 51.2 Å². The topological polar surface area (TPSA) is 43.4 Å². The Morgan fingerprint density at radius 2 is 2.18 bits per heavy atom. The Morgan fingerprint density at radius 3 is 2.76 bits per heavy atom. The molecule has 0 spiro atoms. The summed E-state index contributed by atoms with van der Waals surface area (Å²) in [6.07, 6.45) is 5.76. The van der Waals surface area contributed by atoms with Crippen molar-refractivity contribution in [3.05, 3.63) is 0 Å². The summed E-state index contributed by atoms with van der Waals surface area (Å²) in [5.74, 6) is 0.684. The largest absolute Gasteiger partial charge is 0.469 e. The third kappa shape index (κ3) is 4.41. The first-order valence-corrected chi connectivity index (χ1v) is 7.91. The molecule has 1 saturated carbocycles. The van der Waals surface area contributed by atoms with Gasteiger partial charge in [0.2, 0.25) is 0 Å². The molecular formula is C13H24O3S. The molecule has 0 saturated heterocycles. The van der Waals surface area contributed by atoms with E-state index in [1.54, 1.807) is 6.92 Å². The SMILES string of the molecule is CCC1CCCC(S(=O)CC(C)C(=O)OC)C1. The summed E-state index contributed by atoms with van der Waals surface area (Å²) >= 11 is 0. The van der Waals surface area contributed by atoms with Crippen LogP contribution in [-0.4, -0.2) is 28.3 Å². The van der Waals surface area contributed by atoms with Gasteiger partial charge in [0, 0.05) is 21.8 Å². The first-order valence-electron chi connectivity index (χ1n) is 6.53. The summed E-state index contributed by atoms with van der Waals surface area (Å²) in [5.41, 5.74) is 0. The van der Waals surface area contributed by atoms with E-state index in [1.165, 1.54) is 26.4 Å². The average Bonchev–Trinajstić information content (AvgIpc) is 2.37. The third-order valence-electron chi connectivity index (χ3n) is 3.70. The van der Waals surface area contributed by atoms with Crippen molar-refractivity contribution in [3.8, 4) is 0 Å². The molecule has 0 amide bonds. The molecule has 1 aliphatic rings. The predicted octanol–water partition coefficient (Wildman–Crippen LogP) is 2.51. The van der Waals surface area contributed by atoms with Crippen LogP contribution < -0.4 is 0 Å². The van der Waals surface area contributed by atoms with Gasteiger partial charge in [-0.2, -0.15) is 0 Å². The van der Waals surface area contributed by atoms with Crippen LogP contribution >= 0.6 is 0 Å². The number of hydrogen-bond acceptors (Lipinski definition) is 3. The highest BCUT2D eigenvalue weighted by molar-refractivity contribution is 7.85. The summed E-state index contributed by atoms with van der Waals surface area (Å²) in [6.45, 7) is 4.00. The lowest BCUT2D eigenvalue weighted by Crippen LogP contribution is -2.29. The van der Waals surface area contributed by atoms with Gasteiger partial charge in [-0.3, -0.25) is 9.00 Å². The molecule has 1 fully saturated rings. The third-order valence-corrected chi connectivity index (χ3v) is 5.70. The molecule has 1 aliphatic carbocycles. The van der Waals surface area contributed by atoms with Crippen LogP contribution in [0.25, 0.3) is 0 Å². The second-order valence-corrected chi connectivity index (χ2v) is 6.80. The highest BCUT2D eigenvalue weighted by atomic mass is 32.2. The standard InChI is InChI=1S/C13H24O3S/c1-4-11-6-5-7-12(8-11)17(15)9-10(2)13(14)16-3/h10-12H,4-9H2,1-3H3. The van der Waals surface area contributed by atoms with Crippen molar-refractivity contribution in [2.24, 2.45) is 11.8 Å². The van der Waals surface area contributed by atoms with Gasteiger partial charge in [-0.25, -0.2) is 0 Å². The molecule has 0 N–H and O–H groups in total. The van der Waals surface area contributed by atoms with Gasteiger partial charge in [0.05, 0.1) is 13.0 Å². The van der Waals surface area contributed by atoms with Crippen molar-refractivity contribution >= 4 is 16.8 Å². The maximum absolute atomic E-state index is 12.2. The lowest BCUT2D eigenvalue weighted by molar-refractivity contribution is -0.144. The van der Waals surface area contributed by atoms with Crippen LogP contribution in [0.2, 0.25) is 0 Å². The minimum atomic E-state index is -0.882. The van der Waals surface area contributed by atoms with Crippen LogP contribution in [0, 0.1) is 11.8 Å². The zero-order chi connectivity index (χ0) is 12.8. The summed E-state index contributed by atoms with van der Waals surface area (Å²) in [7, 11) is 0.503. The van der Waals surface area contributed by atoms with Gasteiger partial charge in [-0.15, -0.1) is 0 Å². The summed E-state index contributed by atoms with van der Waals surface area (Å²) < 4.78 is 16.9. The van der Waals surface area contributed by atoms with Crippen molar-refractivity contribution in [1.29, 1.82) is 0 Å². The molecule has 0 aromatic carbocycles. The van der Waals surface area contributed by atoms with Gasteiger partial charge >= 0.3 is 5.97 Å². The van der Waals surface area contributed by atoms with E-state index in [9.17, 15) is 9.00 Å². The molecule has 4 unspecified atom stereocenters. The molecule has 0 heterocycles. The van der Waals surface area contributed by atoms with Crippen LogP contribution in [0.3, 0.4) is 0 Å². The van der Waals surface area contributed by atoms with E-state index in [0.29, 0.717) is 11.0 Å². The fourth-order valence-corrected chi connectivity index (χ4v) is 4.32. The van der Waals surface area contributed by atoms with E-state index in [0.717, 1.165) is 18.8 Å². The van der Waals surface area contributed by atoms with Crippen LogP contribution in [-0.2, 0) is 20.3 Å². The molecule has 0 aromatic rings. The highest BCUT2D eigenvalue weighted by Crippen LogP contribution is 2.30. The first kappa shape index (κ1) is 14.7. The maximum Gasteiger partial charge on any atom is 0.309 e. The molecule has 1 rings (SSSR count). The maximum atomic E-state index is 12.2. The summed E-state index contributed by atoms with van der Waals surface area (Å²) in [6, 6.07) is 0. The Kier molecular flexibility index (Phi) is 6.17. The Morgan fingerprint density at radius 1 is 1.47 bits per heavy atom. The average molecular weight is 260 g/mol. The second-order valence-electron chi connectivity index (χ2n) is 5.03. The van der Waals surface area contributed by atoms with Crippen molar-refractivity contribution in [3.63, 3.8) is 0 Å². The Labute approximate surface area is 107 Å². The second kappa shape index (κ2) is 7.14. The molecule has 0 radical (unpaired) electrons. The monoisotopic (exact) mass is 260 g/mol. The zero-order valence-corrected chi connectivity index (χ0v) is 11.9. The van der Waals surface area contributed by atoms with Gasteiger partial charge in [0.1, 0.15) is 0 Å². The minimum Gasteiger partial charge on any atom is -0.469 e. The normalized spacial score (nSPS) is 28.4. The lowest BCUT2D eigenvalue weighted by Gasteiger charge is -2.28. The molecule has 0 bridgehead atoms. The van der Waals surface area contributed by atoms with Gasteiger partial charge in [0.15, 0.2) is 0 Å². The number of methoxy groups -OCH3 is 1. The molecule has 4 atom stereocenters. The van der Waals surface area contributed by atoms with Crippen LogP contribution in [0.5, 0.6) is 0 Å². The lowest BCUT2D eigenvalue weighted by atomic mass is 9.87. The predicted molar refractivity (Wildman–Crippen MR) is 70.2 cm³/mol. The quantitative estimate of drug-likeness (QED) is 0.713. The molecular weight excluding hydrogens is 236 g/mol. The number of esters is 1. The molecule has 100 valence electrons. The van der Waals surface area contributed by atoms with E-state index in [4.69, 9.17) is 0 Å². The molecule has 0 aliphatic heterocycles. The van der Waals surface area contributed by atoms with E-state index in [2.05, 4.69) is 11.7 Å². The Balaban J connectivity index is 2.44. The smallest absolute Gasteiger partial charge is 0.309 e. The number of carbonyl (C=O) groups is 1. The van der Waals surface area contributed by atoms with Gasteiger partial charge in [0.25, 0.3) is 0 Å². The van der Waals surface area contributed by atoms with E-state index < -0.39 is 10.8 Å². The fraction of sp³-hybridized carbons (Fsp3) is 0.923. The molecule has 17 heavy (non-hydrogen) atoms. The number of ether oxygens (including phenoxy) is 1. The number of carbonyl (C=O) groups excluding carboxylic acids is 1. The Bertz CT molecular complexity index is 278. The zero-order valence-electron chi connectivity index (χ0n) is 11.1. The summed E-state index contributed by atoms with van der Waals surface area (Å²) in [5, 5.41) is 0.292. The van der Waals surface area contributed by atoms with Crippen LogP contribution in [0.4, 0.5) is 0 Å². The van der Waals surface area contributed by atoms with Crippen molar-refractivity contribution in [2.75, 3.05) is 12.9 Å². The van der Waals surface area contributed by atoms with E-state index >= 15 is 0 Å². The Hall–Kier alpha value is -0.380. The minimum absolute atomic E-state index is 0.247. The number of rotatable bonds is 5. The summed E-state index contributed by atoms with van der Waals surface area (Å²) in [4.78, 5) is 11.3. The fourth-order valence-electron chi connectivity index (χ4n) is 2.50. The van der Waals surface area contributed by atoms with Crippen molar-refractivity contribution < 1.29 is 13.7 Å². The van der Waals surface area contributed by atoms with E-state index in [1.807, 2.05) is 0 Å². The van der Waals surface area contributed by atoms with Crippen molar-refractivity contribution in [1.82, 2.24) is 0 Å². The molecule has 0 aromatic heterocycles. The van der Waals surface area contributed by atoms with Gasteiger partial charge in [-0.1, -0.05) is 33.1 Å². The van der Waals surface area contributed by atoms with Gasteiger partial charge in [-0.05, 0) is 18.8 Å². The molecule has 3 nitrogen and oxygen atoms in total. The first-order chi connectivity index (χ1) is 8.08. The highest BCUT2D eigenvalue weighted by Gasteiger charge is 2.27. The van der Waals surface area contributed by atoms with E-state index in [-0.39, 0.29) is 11.9 Å².